The lowest BCUT2D eigenvalue weighted by atomic mass is 10.0. The second-order valence-corrected chi connectivity index (χ2v) is 7.66. The van der Waals surface area contributed by atoms with Gasteiger partial charge in [0.05, 0.1) is 12.6 Å². The Hall–Kier alpha value is -2.74. The van der Waals surface area contributed by atoms with Gasteiger partial charge in [-0.25, -0.2) is 14.4 Å². The molecule has 2 unspecified atom stereocenters. The Kier molecular flexibility index (Phi) is 5.89. The second kappa shape index (κ2) is 8.73. The second-order valence-electron chi connectivity index (χ2n) is 7.66. The van der Waals surface area contributed by atoms with Gasteiger partial charge in [-0.1, -0.05) is 12.1 Å². The summed E-state index contributed by atoms with van der Waals surface area (Å²) in [4.78, 5) is 25.3. The van der Waals surface area contributed by atoms with E-state index in [4.69, 9.17) is 0 Å². The van der Waals surface area contributed by atoms with Gasteiger partial charge in [0.25, 0.3) is 0 Å². The number of halogens is 1. The molecule has 0 aliphatic carbocycles. The molecule has 29 heavy (non-hydrogen) atoms. The standard InChI is InChI=1S/C21H26FN5O2/c22-16-6-4-15(5-7-16)12-26-10-8-18(21(26)29)25-19-11-20(24-14-23-19)27-9-2-1-3-17(27)13-28/h4-7,11,14,17-18,28H,1-3,8-10,12-13H2,(H,23,24,25). The third-order valence-electron chi connectivity index (χ3n) is 5.69. The van der Waals surface area contributed by atoms with Crippen molar-refractivity contribution in [3.05, 3.63) is 48.0 Å². The molecule has 1 aromatic heterocycles. The first-order valence-corrected chi connectivity index (χ1v) is 10.1. The zero-order chi connectivity index (χ0) is 20.2. The predicted octanol–water partition coefficient (Wildman–Crippen LogP) is 2.18. The van der Waals surface area contributed by atoms with Crippen LogP contribution in [-0.4, -0.2) is 57.7 Å². The summed E-state index contributed by atoms with van der Waals surface area (Å²) in [7, 11) is 0. The van der Waals surface area contributed by atoms with Crippen LogP contribution in [0.3, 0.4) is 0 Å². The van der Waals surface area contributed by atoms with Crippen LogP contribution in [0.1, 0.15) is 31.2 Å². The van der Waals surface area contributed by atoms with Crippen molar-refractivity contribution >= 4 is 17.5 Å². The number of rotatable bonds is 6. The number of benzene rings is 1. The van der Waals surface area contributed by atoms with Crippen molar-refractivity contribution < 1.29 is 14.3 Å². The topological polar surface area (TPSA) is 81.6 Å². The largest absolute Gasteiger partial charge is 0.394 e. The molecule has 0 radical (unpaired) electrons. The molecule has 2 aromatic rings. The van der Waals surface area contributed by atoms with Crippen LogP contribution in [0.5, 0.6) is 0 Å². The summed E-state index contributed by atoms with van der Waals surface area (Å²) in [5.41, 5.74) is 0.907. The highest BCUT2D eigenvalue weighted by Gasteiger charge is 2.32. The maximum Gasteiger partial charge on any atom is 0.245 e. The van der Waals surface area contributed by atoms with Crippen molar-refractivity contribution in [3.8, 4) is 0 Å². The van der Waals surface area contributed by atoms with E-state index in [1.807, 2.05) is 6.07 Å². The fraction of sp³-hybridized carbons (Fsp3) is 0.476. The first kappa shape index (κ1) is 19.6. The van der Waals surface area contributed by atoms with E-state index in [-0.39, 0.29) is 30.4 Å². The minimum Gasteiger partial charge on any atom is -0.394 e. The maximum absolute atomic E-state index is 13.1. The minimum absolute atomic E-state index is 0.0145. The van der Waals surface area contributed by atoms with Gasteiger partial charge in [0, 0.05) is 25.7 Å². The Morgan fingerprint density at radius 2 is 1.97 bits per heavy atom. The zero-order valence-electron chi connectivity index (χ0n) is 16.3. The average molecular weight is 399 g/mol. The first-order valence-electron chi connectivity index (χ1n) is 10.1. The van der Waals surface area contributed by atoms with Gasteiger partial charge < -0.3 is 20.2 Å². The lowest BCUT2D eigenvalue weighted by Crippen LogP contribution is -2.42. The van der Waals surface area contributed by atoms with E-state index in [1.165, 1.54) is 18.5 Å². The summed E-state index contributed by atoms with van der Waals surface area (Å²) in [5, 5.41) is 12.9. The van der Waals surface area contributed by atoms with Gasteiger partial charge >= 0.3 is 0 Å². The van der Waals surface area contributed by atoms with E-state index >= 15 is 0 Å². The molecule has 7 nitrogen and oxygen atoms in total. The molecule has 1 aromatic carbocycles. The number of anilines is 2. The normalized spacial score (nSPS) is 22.2. The third-order valence-corrected chi connectivity index (χ3v) is 5.69. The maximum atomic E-state index is 13.1. The highest BCUT2D eigenvalue weighted by Crippen LogP contribution is 2.25. The molecule has 2 N–H and O–H groups in total. The van der Waals surface area contributed by atoms with Crippen LogP contribution >= 0.6 is 0 Å². The lowest BCUT2D eigenvalue weighted by molar-refractivity contribution is -0.128. The number of aromatic nitrogens is 2. The van der Waals surface area contributed by atoms with Crippen molar-refractivity contribution in [2.45, 2.75) is 44.3 Å². The quantitative estimate of drug-likeness (QED) is 0.775. The smallest absolute Gasteiger partial charge is 0.245 e. The Morgan fingerprint density at radius 3 is 2.76 bits per heavy atom. The summed E-state index contributed by atoms with van der Waals surface area (Å²) in [5.74, 6) is 1.12. The van der Waals surface area contributed by atoms with Gasteiger partial charge in [0.15, 0.2) is 0 Å². The van der Waals surface area contributed by atoms with Crippen molar-refractivity contribution in [3.63, 3.8) is 0 Å². The molecule has 1 amide bonds. The van der Waals surface area contributed by atoms with E-state index in [9.17, 15) is 14.3 Å². The van der Waals surface area contributed by atoms with Crippen LogP contribution in [0.15, 0.2) is 36.7 Å². The molecular formula is C21H26FN5O2. The lowest BCUT2D eigenvalue weighted by Gasteiger charge is -2.35. The molecule has 0 bridgehead atoms. The van der Waals surface area contributed by atoms with Crippen LogP contribution in [-0.2, 0) is 11.3 Å². The van der Waals surface area contributed by atoms with E-state index < -0.39 is 0 Å². The molecular weight excluding hydrogens is 373 g/mol. The minimum atomic E-state index is -0.340. The Morgan fingerprint density at radius 1 is 1.14 bits per heavy atom. The molecule has 3 heterocycles. The van der Waals surface area contributed by atoms with Crippen molar-refractivity contribution in [2.75, 3.05) is 29.9 Å². The molecule has 2 saturated heterocycles. The predicted molar refractivity (Wildman–Crippen MR) is 108 cm³/mol. The van der Waals surface area contributed by atoms with Crippen LogP contribution in [0.25, 0.3) is 0 Å². The first-order chi connectivity index (χ1) is 14.1. The third kappa shape index (κ3) is 4.48. The summed E-state index contributed by atoms with van der Waals surface area (Å²) in [6.07, 6.45) is 5.31. The molecule has 2 aliphatic rings. The SMILES string of the molecule is O=C1C(Nc2cc(N3CCCCC3CO)ncn2)CCN1Cc1ccc(F)cc1. The number of carbonyl (C=O) groups is 1. The van der Waals surface area contributed by atoms with Crippen LogP contribution in [0.2, 0.25) is 0 Å². The highest BCUT2D eigenvalue weighted by atomic mass is 19.1. The van der Waals surface area contributed by atoms with Crippen molar-refractivity contribution in [2.24, 2.45) is 0 Å². The van der Waals surface area contributed by atoms with E-state index in [0.717, 1.165) is 37.2 Å². The van der Waals surface area contributed by atoms with Crippen molar-refractivity contribution in [1.82, 2.24) is 14.9 Å². The Bertz CT molecular complexity index is 847. The molecule has 0 spiro atoms. The highest BCUT2D eigenvalue weighted by molar-refractivity contribution is 5.86. The van der Waals surface area contributed by atoms with Crippen LogP contribution in [0, 0.1) is 5.82 Å². The van der Waals surface area contributed by atoms with E-state index in [2.05, 4.69) is 20.2 Å². The van der Waals surface area contributed by atoms with E-state index in [1.54, 1.807) is 17.0 Å². The molecule has 2 fully saturated rings. The number of nitrogens with one attached hydrogen (secondary N) is 1. The van der Waals surface area contributed by atoms with Gasteiger partial charge in [-0.2, -0.15) is 0 Å². The average Bonchev–Trinajstić information content (AvgIpc) is 3.09. The fourth-order valence-electron chi connectivity index (χ4n) is 4.09. The monoisotopic (exact) mass is 399 g/mol. The number of nitrogens with zero attached hydrogens (tertiary/aromatic N) is 4. The van der Waals surface area contributed by atoms with Crippen LogP contribution < -0.4 is 10.2 Å². The van der Waals surface area contributed by atoms with Crippen molar-refractivity contribution in [1.29, 1.82) is 0 Å². The van der Waals surface area contributed by atoms with Gasteiger partial charge in [-0.3, -0.25) is 4.79 Å². The van der Waals surface area contributed by atoms with Gasteiger partial charge in [0.1, 0.15) is 29.8 Å². The number of piperidine rings is 1. The number of hydrogen-bond donors (Lipinski definition) is 2. The van der Waals surface area contributed by atoms with Gasteiger partial charge in [0.2, 0.25) is 5.91 Å². The molecule has 154 valence electrons. The Balaban J connectivity index is 1.40. The number of amides is 1. The summed E-state index contributed by atoms with van der Waals surface area (Å²) in [6.45, 7) is 2.07. The molecule has 8 heteroatoms. The number of likely N-dealkylation sites (tertiary alicyclic amines) is 1. The fourth-order valence-corrected chi connectivity index (χ4v) is 4.09. The number of hydrogen-bond acceptors (Lipinski definition) is 6. The summed E-state index contributed by atoms with van der Waals surface area (Å²) in [6, 6.07) is 7.82. The Labute approximate surface area is 169 Å². The molecule has 0 saturated carbocycles. The van der Waals surface area contributed by atoms with Gasteiger partial charge in [-0.15, -0.1) is 0 Å². The summed E-state index contributed by atoms with van der Waals surface area (Å²) >= 11 is 0. The van der Waals surface area contributed by atoms with E-state index in [0.29, 0.717) is 25.3 Å². The van der Waals surface area contributed by atoms with Crippen LogP contribution in [0.4, 0.5) is 16.0 Å². The van der Waals surface area contributed by atoms with Gasteiger partial charge in [-0.05, 0) is 43.4 Å². The zero-order valence-corrected chi connectivity index (χ0v) is 16.3. The molecule has 2 aliphatic heterocycles. The number of aliphatic hydroxyl groups is 1. The molecule has 2 atom stereocenters. The molecule has 4 rings (SSSR count). The summed E-state index contributed by atoms with van der Waals surface area (Å²) < 4.78 is 13.1. The number of aliphatic hydroxyl groups excluding tert-OH is 1. The number of carbonyl (C=O) groups excluding carboxylic acids is 1.